The van der Waals surface area contributed by atoms with Crippen LogP contribution in [0, 0.1) is 11.8 Å². The zero-order valence-corrected chi connectivity index (χ0v) is 7.08. The molecule has 66 valence electrons. The van der Waals surface area contributed by atoms with Crippen molar-refractivity contribution in [3.05, 3.63) is 0 Å². The van der Waals surface area contributed by atoms with Crippen molar-refractivity contribution in [3.63, 3.8) is 0 Å². The summed E-state index contributed by atoms with van der Waals surface area (Å²) in [5, 5.41) is 0. The van der Waals surface area contributed by atoms with E-state index in [1.807, 2.05) is 0 Å². The van der Waals surface area contributed by atoms with Gasteiger partial charge in [0.15, 0.2) is 11.9 Å². The highest BCUT2D eigenvalue weighted by atomic mass is 16.5. The van der Waals surface area contributed by atoms with Crippen LogP contribution >= 0.6 is 0 Å². The number of Topliss-reactive ketones (excluding diaryl/α,β-unsaturated/α-hetero) is 1. The van der Waals surface area contributed by atoms with Gasteiger partial charge in [-0.1, -0.05) is 0 Å². The summed E-state index contributed by atoms with van der Waals surface area (Å²) < 4.78 is 4.97. The molecule has 2 aliphatic rings. The van der Waals surface area contributed by atoms with Crippen molar-refractivity contribution in [1.29, 1.82) is 0 Å². The van der Waals surface area contributed by atoms with Gasteiger partial charge in [-0.05, 0) is 19.3 Å². The molecule has 2 fully saturated rings. The first-order valence-corrected chi connectivity index (χ1v) is 4.39. The lowest BCUT2D eigenvalue weighted by Crippen LogP contribution is -2.31. The zero-order valence-electron chi connectivity index (χ0n) is 7.08. The van der Waals surface area contributed by atoms with Crippen molar-refractivity contribution < 1.29 is 14.3 Å². The van der Waals surface area contributed by atoms with Crippen LogP contribution in [0.15, 0.2) is 0 Å². The molecule has 2 saturated carbocycles. The molecule has 3 nitrogen and oxygen atoms in total. The number of ketones is 1. The zero-order chi connectivity index (χ0) is 8.72. The highest BCUT2D eigenvalue weighted by molar-refractivity contribution is 5.90. The Balaban J connectivity index is 2.07. The van der Waals surface area contributed by atoms with Crippen LogP contribution in [-0.4, -0.2) is 17.9 Å². The van der Waals surface area contributed by atoms with E-state index in [-0.39, 0.29) is 17.7 Å². The van der Waals surface area contributed by atoms with E-state index < -0.39 is 6.10 Å². The average Bonchev–Trinajstić information content (AvgIpc) is 2.53. The van der Waals surface area contributed by atoms with E-state index >= 15 is 0 Å². The van der Waals surface area contributed by atoms with Crippen LogP contribution < -0.4 is 0 Å². The van der Waals surface area contributed by atoms with E-state index in [1.54, 1.807) is 0 Å². The van der Waals surface area contributed by atoms with E-state index in [4.69, 9.17) is 4.74 Å². The molecule has 12 heavy (non-hydrogen) atoms. The lowest BCUT2D eigenvalue weighted by Gasteiger charge is -2.19. The Morgan fingerprint density at radius 3 is 2.75 bits per heavy atom. The summed E-state index contributed by atoms with van der Waals surface area (Å²) >= 11 is 0. The van der Waals surface area contributed by atoms with Crippen LogP contribution in [-0.2, 0) is 14.3 Å². The third kappa shape index (κ3) is 1.04. The maximum absolute atomic E-state index is 11.4. The van der Waals surface area contributed by atoms with Gasteiger partial charge in [-0.2, -0.15) is 0 Å². The van der Waals surface area contributed by atoms with Crippen LogP contribution in [0.5, 0.6) is 0 Å². The summed E-state index contributed by atoms with van der Waals surface area (Å²) in [5.74, 6) is 0.341. The maximum Gasteiger partial charge on any atom is 0.303 e. The van der Waals surface area contributed by atoms with Gasteiger partial charge in [0.05, 0.1) is 0 Å². The number of hydrogen-bond acceptors (Lipinski definition) is 3. The summed E-state index contributed by atoms with van der Waals surface area (Å²) in [6.07, 6.45) is 2.59. The first-order chi connectivity index (χ1) is 5.68. The molecule has 0 aromatic carbocycles. The molecule has 3 heteroatoms. The van der Waals surface area contributed by atoms with Gasteiger partial charge in [-0.15, -0.1) is 0 Å². The monoisotopic (exact) mass is 168 g/mol. The Hall–Kier alpha value is -0.860. The van der Waals surface area contributed by atoms with Gasteiger partial charge in [0.2, 0.25) is 0 Å². The Bertz CT molecular complexity index is 234. The minimum atomic E-state index is -0.402. The molecule has 0 N–H and O–H groups in total. The smallest absolute Gasteiger partial charge is 0.303 e. The van der Waals surface area contributed by atoms with Crippen LogP contribution in [0.1, 0.15) is 26.2 Å². The van der Waals surface area contributed by atoms with Crippen molar-refractivity contribution in [3.8, 4) is 0 Å². The molecule has 2 rings (SSSR count). The fraction of sp³-hybridized carbons (Fsp3) is 0.778. The molecule has 3 unspecified atom stereocenters. The van der Waals surface area contributed by atoms with Crippen molar-refractivity contribution in [2.24, 2.45) is 11.8 Å². The van der Waals surface area contributed by atoms with Crippen LogP contribution in [0.25, 0.3) is 0 Å². The van der Waals surface area contributed by atoms with Crippen LogP contribution in [0.2, 0.25) is 0 Å². The second-order valence-corrected chi connectivity index (χ2v) is 3.70. The standard InChI is InChI=1S/C9H12O3/c1-5(10)12-9-7-3-2-6(4-7)8(9)11/h6-7,9H,2-4H2,1H3. The van der Waals surface area contributed by atoms with Crippen LogP contribution in [0.3, 0.4) is 0 Å². The predicted molar refractivity (Wildman–Crippen MR) is 41.4 cm³/mol. The Morgan fingerprint density at radius 1 is 1.50 bits per heavy atom. The molecule has 0 heterocycles. The van der Waals surface area contributed by atoms with E-state index in [2.05, 4.69) is 0 Å². The number of carbonyl (C=O) groups excluding carboxylic acids is 2. The summed E-state index contributed by atoms with van der Waals surface area (Å²) in [5.41, 5.74) is 0. The Morgan fingerprint density at radius 2 is 2.25 bits per heavy atom. The third-order valence-corrected chi connectivity index (χ3v) is 2.88. The molecule has 2 bridgehead atoms. The first kappa shape index (κ1) is 7.77. The van der Waals surface area contributed by atoms with Gasteiger partial charge in [0.1, 0.15) is 0 Å². The topological polar surface area (TPSA) is 43.4 Å². The molecule has 2 aliphatic carbocycles. The SMILES string of the molecule is CC(=O)OC1C(=O)C2CCC1C2. The van der Waals surface area contributed by atoms with Gasteiger partial charge in [0.25, 0.3) is 0 Å². The molecule has 0 aromatic rings. The second-order valence-electron chi connectivity index (χ2n) is 3.70. The normalized spacial score (nSPS) is 38.8. The summed E-state index contributed by atoms with van der Waals surface area (Å²) in [4.78, 5) is 22.1. The number of esters is 1. The lowest BCUT2D eigenvalue weighted by molar-refractivity contribution is -0.155. The van der Waals surface area contributed by atoms with Gasteiger partial charge in [-0.25, -0.2) is 0 Å². The highest BCUT2D eigenvalue weighted by Crippen LogP contribution is 2.43. The largest absolute Gasteiger partial charge is 0.454 e. The van der Waals surface area contributed by atoms with Crippen molar-refractivity contribution in [1.82, 2.24) is 0 Å². The molecular weight excluding hydrogens is 156 g/mol. The van der Waals surface area contributed by atoms with E-state index in [9.17, 15) is 9.59 Å². The highest BCUT2D eigenvalue weighted by Gasteiger charge is 2.48. The fourth-order valence-corrected chi connectivity index (χ4v) is 2.35. The van der Waals surface area contributed by atoms with Crippen molar-refractivity contribution in [2.75, 3.05) is 0 Å². The van der Waals surface area contributed by atoms with Gasteiger partial charge in [-0.3, -0.25) is 9.59 Å². The molecule has 3 atom stereocenters. The minimum Gasteiger partial charge on any atom is -0.454 e. The first-order valence-electron chi connectivity index (χ1n) is 4.39. The van der Waals surface area contributed by atoms with Gasteiger partial charge >= 0.3 is 5.97 Å². The van der Waals surface area contributed by atoms with Crippen molar-refractivity contribution in [2.45, 2.75) is 32.3 Å². The Kier molecular flexibility index (Phi) is 1.67. The number of carbonyl (C=O) groups is 2. The van der Waals surface area contributed by atoms with Gasteiger partial charge < -0.3 is 4.74 Å². The molecule has 0 aliphatic heterocycles. The van der Waals surface area contributed by atoms with E-state index in [1.165, 1.54) is 6.92 Å². The number of ether oxygens (including phenoxy) is 1. The lowest BCUT2D eigenvalue weighted by atomic mass is 9.96. The summed E-state index contributed by atoms with van der Waals surface area (Å²) in [7, 11) is 0. The number of hydrogen-bond donors (Lipinski definition) is 0. The maximum atomic E-state index is 11.4. The minimum absolute atomic E-state index is 0.154. The number of fused-ring (bicyclic) bond motifs is 2. The summed E-state index contributed by atoms with van der Waals surface area (Å²) in [6.45, 7) is 1.36. The molecular formula is C9H12O3. The Labute approximate surface area is 71.1 Å². The van der Waals surface area contributed by atoms with E-state index in [0.29, 0.717) is 5.92 Å². The number of rotatable bonds is 1. The molecule has 0 radical (unpaired) electrons. The molecule has 0 aromatic heterocycles. The fourth-order valence-electron chi connectivity index (χ4n) is 2.35. The van der Waals surface area contributed by atoms with Crippen LogP contribution in [0.4, 0.5) is 0 Å². The summed E-state index contributed by atoms with van der Waals surface area (Å²) in [6, 6.07) is 0. The quantitative estimate of drug-likeness (QED) is 0.547. The van der Waals surface area contributed by atoms with Crippen molar-refractivity contribution >= 4 is 11.8 Å². The van der Waals surface area contributed by atoms with E-state index in [0.717, 1.165) is 19.3 Å². The molecule has 0 spiro atoms. The van der Waals surface area contributed by atoms with Gasteiger partial charge in [0, 0.05) is 18.8 Å². The third-order valence-electron chi connectivity index (χ3n) is 2.88. The molecule has 0 amide bonds. The predicted octanol–water partition coefficient (Wildman–Crippen LogP) is 0.917. The molecule has 0 saturated heterocycles. The second kappa shape index (κ2) is 2.57. The average molecular weight is 168 g/mol.